The molecule has 0 saturated carbocycles. The van der Waals surface area contributed by atoms with Crippen LogP contribution in [-0.4, -0.2) is 14.5 Å². The number of aromatic nitrogens is 3. The van der Waals surface area contributed by atoms with Crippen molar-refractivity contribution in [3.63, 3.8) is 0 Å². The van der Waals surface area contributed by atoms with Gasteiger partial charge in [-0.2, -0.15) is 0 Å². The van der Waals surface area contributed by atoms with E-state index in [1.807, 2.05) is 30.6 Å². The summed E-state index contributed by atoms with van der Waals surface area (Å²) in [7, 11) is 0. The van der Waals surface area contributed by atoms with E-state index in [0.29, 0.717) is 0 Å². The molecule has 0 amide bonds. The molecule has 0 aliphatic rings. The predicted octanol–water partition coefficient (Wildman–Crippen LogP) is 4.71. The molecule has 0 aliphatic carbocycles. The Bertz CT molecular complexity index is 731. The van der Waals surface area contributed by atoms with Gasteiger partial charge < -0.3 is 4.57 Å². The van der Waals surface area contributed by atoms with Gasteiger partial charge in [0.05, 0.1) is 22.5 Å². The Labute approximate surface area is 127 Å². The van der Waals surface area contributed by atoms with Crippen molar-refractivity contribution < 1.29 is 0 Å². The van der Waals surface area contributed by atoms with E-state index in [1.54, 1.807) is 11.3 Å². The standard InChI is InChI=1S/C15H16ClN3S/c1-9-5-4-6-12-13(9)19(14(18-12)10(2)16)11(3)15-17-7-8-20-15/h4-8,10-11H,1-3H3. The van der Waals surface area contributed by atoms with Crippen LogP contribution in [-0.2, 0) is 0 Å². The number of alkyl halides is 1. The highest BCUT2D eigenvalue weighted by Crippen LogP contribution is 2.32. The smallest absolute Gasteiger partial charge is 0.128 e. The van der Waals surface area contributed by atoms with Gasteiger partial charge in [0.25, 0.3) is 0 Å². The van der Waals surface area contributed by atoms with Gasteiger partial charge in [-0.3, -0.25) is 0 Å². The zero-order valence-electron chi connectivity index (χ0n) is 11.7. The number of imidazole rings is 1. The molecule has 104 valence electrons. The summed E-state index contributed by atoms with van der Waals surface area (Å²) in [5, 5.41) is 2.94. The fourth-order valence-electron chi connectivity index (χ4n) is 2.56. The summed E-state index contributed by atoms with van der Waals surface area (Å²) in [5.41, 5.74) is 3.36. The van der Waals surface area contributed by atoms with E-state index in [0.717, 1.165) is 21.9 Å². The van der Waals surface area contributed by atoms with Gasteiger partial charge in [0.15, 0.2) is 0 Å². The average molecular weight is 306 g/mol. The molecule has 1 aromatic carbocycles. The maximum Gasteiger partial charge on any atom is 0.128 e. The van der Waals surface area contributed by atoms with Crippen molar-refractivity contribution in [3.05, 3.63) is 46.2 Å². The minimum atomic E-state index is -0.135. The minimum Gasteiger partial charge on any atom is -0.317 e. The number of benzene rings is 1. The first-order chi connectivity index (χ1) is 9.59. The summed E-state index contributed by atoms with van der Waals surface area (Å²) in [6, 6.07) is 6.32. The second-order valence-electron chi connectivity index (χ2n) is 4.94. The topological polar surface area (TPSA) is 30.7 Å². The Hall–Kier alpha value is -1.39. The van der Waals surface area contributed by atoms with Gasteiger partial charge >= 0.3 is 0 Å². The summed E-state index contributed by atoms with van der Waals surface area (Å²) in [6.07, 6.45) is 1.84. The maximum absolute atomic E-state index is 6.34. The number of rotatable bonds is 3. The number of para-hydroxylation sites is 1. The van der Waals surface area contributed by atoms with Crippen LogP contribution in [0.4, 0.5) is 0 Å². The molecule has 2 heterocycles. The Morgan fingerprint density at radius 2 is 2.10 bits per heavy atom. The number of nitrogens with zero attached hydrogens (tertiary/aromatic N) is 3. The second kappa shape index (κ2) is 5.19. The zero-order valence-corrected chi connectivity index (χ0v) is 13.2. The van der Waals surface area contributed by atoms with Crippen LogP contribution in [0, 0.1) is 6.92 Å². The molecule has 3 nitrogen and oxygen atoms in total. The molecule has 20 heavy (non-hydrogen) atoms. The molecule has 5 heteroatoms. The quantitative estimate of drug-likeness (QED) is 0.656. The minimum absolute atomic E-state index is 0.135. The molecule has 0 radical (unpaired) electrons. The number of hydrogen-bond acceptors (Lipinski definition) is 3. The third kappa shape index (κ3) is 2.13. The van der Waals surface area contributed by atoms with Gasteiger partial charge in [0.2, 0.25) is 0 Å². The van der Waals surface area contributed by atoms with Crippen LogP contribution in [0.3, 0.4) is 0 Å². The maximum atomic E-state index is 6.34. The Morgan fingerprint density at radius 3 is 2.75 bits per heavy atom. The molecule has 0 spiro atoms. The van der Waals surface area contributed by atoms with Crippen molar-refractivity contribution in [3.8, 4) is 0 Å². The SMILES string of the molecule is Cc1cccc2nc(C(C)Cl)n(C(C)c3nccs3)c12. The van der Waals surface area contributed by atoms with Crippen LogP contribution in [0.5, 0.6) is 0 Å². The van der Waals surface area contributed by atoms with Crippen molar-refractivity contribution >= 4 is 34.0 Å². The first kappa shape index (κ1) is 13.6. The fourth-order valence-corrected chi connectivity index (χ4v) is 3.40. The van der Waals surface area contributed by atoms with Crippen molar-refractivity contribution in [2.24, 2.45) is 0 Å². The molecule has 0 fully saturated rings. The van der Waals surface area contributed by atoms with Gasteiger partial charge in [-0.15, -0.1) is 22.9 Å². The van der Waals surface area contributed by atoms with Crippen molar-refractivity contribution in [2.75, 3.05) is 0 Å². The van der Waals surface area contributed by atoms with Crippen LogP contribution in [0.1, 0.15) is 41.7 Å². The van der Waals surface area contributed by atoms with Gasteiger partial charge in [-0.1, -0.05) is 12.1 Å². The van der Waals surface area contributed by atoms with E-state index < -0.39 is 0 Å². The normalized spacial score (nSPS) is 14.6. The lowest BCUT2D eigenvalue weighted by Crippen LogP contribution is -2.11. The van der Waals surface area contributed by atoms with Gasteiger partial charge in [0.1, 0.15) is 10.8 Å². The molecule has 2 unspecified atom stereocenters. The average Bonchev–Trinajstić information content (AvgIpc) is 3.06. The molecular formula is C15H16ClN3S. The van der Waals surface area contributed by atoms with E-state index in [9.17, 15) is 0 Å². The molecule has 0 aliphatic heterocycles. The number of halogens is 1. The van der Waals surface area contributed by atoms with Crippen LogP contribution in [0.25, 0.3) is 11.0 Å². The highest BCUT2D eigenvalue weighted by atomic mass is 35.5. The Balaban J connectivity index is 2.29. The molecule has 3 rings (SSSR count). The molecule has 0 N–H and O–H groups in total. The lowest BCUT2D eigenvalue weighted by molar-refractivity contribution is 0.614. The summed E-state index contributed by atoms with van der Waals surface area (Å²) in [4.78, 5) is 9.15. The van der Waals surface area contributed by atoms with Crippen LogP contribution in [0.2, 0.25) is 0 Å². The Kier molecular flexibility index (Phi) is 3.52. The molecule has 0 saturated heterocycles. The van der Waals surface area contributed by atoms with E-state index in [4.69, 9.17) is 16.6 Å². The van der Waals surface area contributed by atoms with Crippen LogP contribution < -0.4 is 0 Å². The summed E-state index contributed by atoms with van der Waals surface area (Å²) < 4.78 is 2.22. The molecule has 2 aromatic heterocycles. The van der Waals surface area contributed by atoms with Crippen LogP contribution >= 0.6 is 22.9 Å². The monoisotopic (exact) mass is 305 g/mol. The van der Waals surface area contributed by atoms with Crippen molar-refractivity contribution in [1.29, 1.82) is 0 Å². The zero-order chi connectivity index (χ0) is 14.3. The van der Waals surface area contributed by atoms with E-state index in [1.165, 1.54) is 5.56 Å². The van der Waals surface area contributed by atoms with E-state index in [-0.39, 0.29) is 11.4 Å². The van der Waals surface area contributed by atoms with Crippen molar-refractivity contribution in [2.45, 2.75) is 32.2 Å². The number of fused-ring (bicyclic) bond motifs is 1. The third-order valence-electron chi connectivity index (χ3n) is 3.49. The lowest BCUT2D eigenvalue weighted by Gasteiger charge is -2.17. The van der Waals surface area contributed by atoms with Gasteiger partial charge in [-0.05, 0) is 32.4 Å². The van der Waals surface area contributed by atoms with E-state index in [2.05, 4.69) is 29.5 Å². The van der Waals surface area contributed by atoms with E-state index >= 15 is 0 Å². The summed E-state index contributed by atoms with van der Waals surface area (Å²) >= 11 is 8.00. The molecule has 3 aromatic rings. The van der Waals surface area contributed by atoms with Gasteiger partial charge in [0, 0.05) is 11.6 Å². The highest BCUT2D eigenvalue weighted by Gasteiger charge is 2.22. The molecule has 2 atom stereocenters. The second-order valence-corrected chi connectivity index (χ2v) is 6.53. The summed E-state index contributed by atoms with van der Waals surface area (Å²) in [5.74, 6) is 0.902. The van der Waals surface area contributed by atoms with Crippen molar-refractivity contribution in [1.82, 2.24) is 14.5 Å². The molecular weight excluding hydrogens is 290 g/mol. The largest absolute Gasteiger partial charge is 0.317 e. The highest BCUT2D eigenvalue weighted by molar-refractivity contribution is 7.09. The predicted molar refractivity (Wildman–Crippen MR) is 84.7 cm³/mol. The first-order valence-corrected chi connectivity index (χ1v) is 7.92. The lowest BCUT2D eigenvalue weighted by atomic mass is 10.2. The van der Waals surface area contributed by atoms with Gasteiger partial charge in [-0.25, -0.2) is 9.97 Å². The number of thiazole rings is 1. The van der Waals surface area contributed by atoms with Crippen LogP contribution in [0.15, 0.2) is 29.8 Å². The first-order valence-electron chi connectivity index (χ1n) is 6.60. The number of hydrogen-bond donors (Lipinski definition) is 0. The number of aryl methyl sites for hydroxylation is 1. The summed E-state index contributed by atoms with van der Waals surface area (Å²) in [6.45, 7) is 6.22. The Morgan fingerprint density at radius 1 is 1.30 bits per heavy atom. The third-order valence-corrected chi connectivity index (χ3v) is 4.63. The fraction of sp³-hybridized carbons (Fsp3) is 0.333. The molecule has 0 bridgehead atoms.